The van der Waals surface area contributed by atoms with E-state index in [2.05, 4.69) is 20.6 Å². The quantitative estimate of drug-likeness (QED) is 0.860. The standard InChI is InChI=1S/C14H16Cl2N4/c1-8(2)14-19-11(17-3)7-12(20-14)18-13-9(15)5-4-6-10(13)16/h4-8H,1-3H3,(H2,17,18,19,20). The number of hydrogen-bond donors (Lipinski definition) is 2. The van der Waals surface area contributed by atoms with E-state index in [9.17, 15) is 0 Å². The zero-order valence-electron chi connectivity index (χ0n) is 11.5. The average molecular weight is 311 g/mol. The summed E-state index contributed by atoms with van der Waals surface area (Å²) in [5.41, 5.74) is 0.645. The zero-order chi connectivity index (χ0) is 14.7. The first-order chi connectivity index (χ1) is 9.51. The Balaban J connectivity index is 2.40. The number of para-hydroxylation sites is 1. The van der Waals surface area contributed by atoms with Gasteiger partial charge in [-0.3, -0.25) is 0 Å². The topological polar surface area (TPSA) is 49.8 Å². The molecule has 1 aromatic heterocycles. The molecule has 2 N–H and O–H groups in total. The van der Waals surface area contributed by atoms with E-state index in [1.165, 1.54) is 0 Å². The molecule has 0 atom stereocenters. The Morgan fingerprint density at radius 3 is 2.20 bits per heavy atom. The predicted octanol–water partition coefficient (Wildman–Crippen LogP) is 4.69. The van der Waals surface area contributed by atoms with Crippen molar-refractivity contribution in [1.29, 1.82) is 0 Å². The maximum atomic E-state index is 6.15. The summed E-state index contributed by atoms with van der Waals surface area (Å²) in [5.74, 6) is 2.38. The van der Waals surface area contributed by atoms with Crippen molar-refractivity contribution in [3.8, 4) is 0 Å². The maximum Gasteiger partial charge on any atom is 0.136 e. The number of halogens is 2. The first kappa shape index (κ1) is 14.9. The largest absolute Gasteiger partial charge is 0.373 e. The van der Waals surface area contributed by atoms with Crippen LogP contribution in [0.2, 0.25) is 10.0 Å². The summed E-state index contributed by atoms with van der Waals surface area (Å²) >= 11 is 12.3. The molecule has 2 rings (SSSR count). The third kappa shape index (κ3) is 3.32. The summed E-state index contributed by atoms with van der Waals surface area (Å²) in [7, 11) is 1.82. The fourth-order valence-electron chi connectivity index (χ4n) is 1.66. The molecule has 0 spiro atoms. The number of aromatic nitrogens is 2. The summed E-state index contributed by atoms with van der Waals surface area (Å²) in [6.07, 6.45) is 0. The van der Waals surface area contributed by atoms with Gasteiger partial charge in [-0.2, -0.15) is 0 Å². The third-order valence-electron chi connectivity index (χ3n) is 2.73. The molecular weight excluding hydrogens is 295 g/mol. The van der Waals surface area contributed by atoms with Crippen LogP contribution in [0, 0.1) is 0 Å². The van der Waals surface area contributed by atoms with Crippen molar-refractivity contribution in [2.75, 3.05) is 17.7 Å². The van der Waals surface area contributed by atoms with Crippen molar-refractivity contribution in [3.05, 3.63) is 40.1 Å². The molecule has 0 amide bonds. The highest BCUT2D eigenvalue weighted by Gasteiger charge is 2.10. The lowest BCUT2D eigenvalue weighted by atomic mass is 10.2. The van der Waals surface area contributed by atoms with E-state index in [0.717, 1.165) is 11.6 Å². The van der Waals surface area contributed by atoms with Crippen LogP contribution in [0.15, 0.2) is 24.3 Å². The Labute approximate surface area is 128 Å². The predicted molar refractivity (Wildman–Crippen MR) is 85.4 cm³/mol. The van der Waals surface area contributed by atoms with Gasteiger partial charge in [-0.05, 0) is 12.1 Å². The van der Waals surface area contributed by atoms with E-state index in [0.29, 0.717) is 21.6 Å². The second-order valence-corrected chi connectivity index (χ2v) is 5.44. The molecule has 4 nitrogen and oxygen atoms in total. The van der Waals surface area contributed by atoms with Crippen molar-refractivity contribution in [2.45, 2.75) is 19.8 Å². The Kier molecular flexibility index (Phi) is 4.68. The van der Waals surface area contributed by atoms with Crippen LogP contribution >= 0.6 is 23.2 Å². The number of nitrogens with one attached hydrogen (secondary N) is 2. The minimum atomic E-state index is 0.227. The monoisotopic (exact) mass is 310 g/mol. The zero-order valence-corrected chi connectivity index (χ0v) is 13.0. The first-order valence-corrected chi connectivity index (χ1v) is 7.04. The number of benzene rings is 1. The Morgan fingerprint density at radius 2 is 1.65 bits per heavy atom. The summed E-state index contributed by atoms with van der Waals surface area (Å²) < 4.78 is 0. The third-order valence-corrected chi connectivity index (χ3v) is 3.36. The van der Waals surface area contributed by atoms with Gasteiger partial charge in [0.1, 0.15) is 17.5 Å². The van der Waals surface area contributed by atoms with Crippen molar-refractivity contribution < 1.29 is 0 Å². The highest BCUT2D eigenvalue weighted by molar-refractivity contribution is 6.39. The highest BCUT2D eigenvalue weighted by Crippen LogP contribution is 2.32. The molecule has 0 saturated heterocycles. The smallest absolute Gasteiger partial charge is 0.136 e. The van der Waals surface area contributed by atoms with Crippen LogP contribution in [0.5, 0.6) is 0 Å². The number of nitrogens with zero attached hydrogens (tertiary/aromatic N) is 2. The normalized spacial score (nSPS) is 10.7. The molecule has 0 bridgehead atoms. The number of rotatable bonds is 4. The molecule has 1 aromatic carbocycles. The molecule has 0 unspecified atom stereocenters. The fraction of sp³-hybridized carbons (Fsp3) is 0.286. The lowest BCUT2D eigenvalue weighted by molar-refractivity contribution is 0.778. The van der Waals surface area contributed by atoms with Crippen LogP contribution < -0.4 is 10.6 Å². The van der Waals surface area contributed by atoms with Crippen LogP contribution in [-0.2, 0) is 0 Å². The van der Waals surface area contributed by atoms with Crippen molar-refractivity contribution in [2.24, 2.45) is 0 Å². The van der Waals surface area contributed by atoms with Crippen molar-refractivity contribution >= 4 is 40.5 Å². The van der Waals surface area contributed by atoms with E-state index in [4.69, 9.17) is 23.2 Å². The van der Waals surface area contributed by atoms with E-state index in [1.54, 1.807) is 18.2 Å². The van der Waals surface area contributed by atoms with E-state index < -0.39 is 0 Å². The van der Waals surface area contributed by atoms with E-state index >= 15 is 0 Å². The molecule has 6 heteroatoms. The molecule has 0 aliphatic heterocycles. The summed E-state index contributed by atoms with van der Waals surface area (Å²) in [6, 6.07) is 7.17. The van der Waals surface area contributed by atoms with E-state index in [-0.39, 0.29) is 5.92 Å². The highest BCUT2D eigenvalue weighted by atomic mass is 35.5. The molecule has 2 aromatic rings. The van der Waals surface area contributed by atoms with Gasteiger partial charge in [0, 0.05) is 19.0 Å². The van der Waals surface area contributed by atoms with Gasteiger partial charge < -0.3 is 10.6 Å². The first-order valence-electron chi connectivity index (χ1n) is 6.29. The lowest BCUT2D eigenvalue weighted by Crippen LogP contribution is -2.05. The molecule has 0 aliphatic rings. The Hall–Kier alpha value is -1.52. The molecule has 0 radical (unpaired) electrons. The minimum Gasteiger partial charge on any atom is -0.373 e. The van der Waals surface area contributed by atoms with Gasteiger partial charge >= 0.3 is 0 Å². The Bertz CT molecular complexity index is 594. The van der Waals surface area contributed by atoms with Crippen LogP contribution in [0.25, 0.3) is 0 Å². The van der Waals surface area contributed by atoms with Crippen LogP contribution in [0.4, 0.5) is 17.3 Å². The Morgan fingerprint density at radius 1 is 1.05 bits per heavy atom. The molecule has 106 valence electrons. The van der Waals surface area contributed by atoms with Gasteiger partial charge in [-0.1, -0.05) is 43.1 Å². The van der Waals surface area contributed by atoms with Crippen LogP contribution in [-0.4, -0.2) is 17.0 Å². The van der Waals surface area contributed by atoms with Gasteiger partial charge in [0.2, 0.25) is 0 Å². The summed E-state index contributed by atoms with van der Waals surface area (Å²) in [4.78, 5) is 8.89. The van der Waals surface area contributed by atoms with Crippen LogP contribution in [0.3, 0.4) is 0 Å². The lowest BCUT2D eigenvalue weighted by Gasteiger charge is -2.13. The van der Waals surface area contributed by atoms with Crippen molar-refractivity contribution in [1.82, 2.24) is 9.97 Å². The molecule has 0 fully saturated rings. The van der Waals surface area contributed by atoms with E-state index in [1.807, 2.05) is 27.0 Å². The van der Waals surface area contributed by atoms with Gasteiger partial charge in [0.25, 0.3) is 0 Å². The summed E-state index contributed by atoms with van der Waals surface area (Å²) in [6.45, 7) is 4.09. The molecule has 1 heterocycles. The average Bonchev–Trinajstić information content (AvgIpc) is 2.42. The van der Waals surface area contributed by atoms with Gasteiger partial charge in [-0.15, -0.1) is 0 Å². The number of hydrogen-bond acceptors (Lipinski definition) is 4. The molecule has 0 saturated carbocycles. The van der Waals surface area contributed by atoms with Crippen LogP contribution in [0.1, 0.15) is 25.6 Å². The second-order valence-electron chi connectivity index (χ2n) is 4.62. The van der Waals surface area contributed by atoms with Crippen molar-refractivity contribution in [3.63, 3.8) is 0 Å². The van der Waals surface area contributed by atoms with Gasteiger partial charge in [0.15, 0.2) is 0 Å². The molecule has 20 heavy (non-hydrogen) atoms. The second kappa shape index (κ2) is 6.29. The fourth-order valence-corrected chi connectivity index (χ4v) is 2.15. The molecular formula is C14H16Cl2N4. The minimum absolute atomic E-state index is 0.227. The summed E-state index contributed by atoms with van der Waals surface area (Å²) in [5, 5.41) is 7.27. The SMILES string of the molecule is CNc1cc(Nc2c(Cl)cccc2Cl)nc(C(C)C)n1. The molecule has 0 aliphatic carbocycles. The van der Waals surface area contributed by atoms with Gasteiger partial charge in [-0.25, -0.2) is 9.97 Å². The maximum absolute atomic E-state index is 6.15. The number of anilines is 3. The van der Waals surface area contributed by atoms with Gasteiger partial charge in [0.05, 0.1) is 15.7 Å².